The summed E-state index contributed by atoms with van der Waals surface area (Å²) in [6, 6.07) is 7.73. The number of nitrogens with one attached hydrogen (secondary N) is 1. The number of hydrogen-bond acceptors (Lipinski definition) is 2. The maximum Gasteiger partial charge on any atom is 0.244 e. The maximum atomic E-state index is 12.3. The number of piperazine rings is 1. The van der Waals surface area contributed by atoms with Gasteiger partial charge in [0.25, 0.3) is 0 Å². The summed E-state index contributed by atoms with van der Waals surface area (Å²) in [6.45, 7) is 1.80. The number of carbonyl (C=O) groups is 1. The molecular weight excluding hydrogens is 236 g/mol. The molecule has 17 heavy (non-hydrogen) atoms. The van der Waals surface area contributed by atoms with E-state index in [2.05, 4.69) is 5.32 Å². The predicted molar refractivity (Wildman–Crippen MR) is 66.9 cm³/mol. The molecule has 0 spiro atoms. The summed E-state index contributed by atoms with van der Waals surface area (Å²) in [6.07, 6.45) is 2.25. The van der Waals surface area contributed by atoms with Crippen LogP contribution in [0.25, 0.3) is 0 Å². The highest BCUT2D eigenvalue weighted by Gasteiger charge is 2.38. The minimum atomic E-state index is -0.219. The van der Waals surface area contributed by atoms with Crippen molar-refractivity contribution < 1.29 is 4.79 Å². The molecule has 1 aromatic carbocycles. The first-order valence-electron chi connectivity index (χ1n) is 6.05. The summed E-state index contributed by atoms with van der Waals surface area (Å²) in [7, 11) is 0. The number of amides is 1. The fraction of sp³-hybridized carbons (Fsp3) is 0.462. The van der Waals surface area contributed by atoms with Gasteiger partial charge in [0.1, 0.15) is 6.04 Å². The van der Waals surface area contributed by atoms with Crippen LogP contribution in [0.2, 0.25) is 5.02 Å². The molecule has 2 atom stereocenters. The second kappa shape index (κ2) is 4.31. The summed E-state index contributed by atoms with van der Waals surface area (Å²) in [5.74, 6) is 0.195. The molecule has 3 rings (SSSR count). The molecule has 2 aliphatic heterocycles. The largest absolute Gasteiger partial charge is 0.337 e. The van der Waals surface area contributed by atoms with E-state index >= 15 is 0 Å². The average Bonchev–Trinajstić information content (AvgIpc) is 2.78. The van der Waals surface area contributed by atoms with Gasteiger partial charge in [-0.15, -0.1) is 0 Å². The van der Waals surface area contributed by atoms with E-state index in [0.717, 1.165) is 31.5 Å². The van der Waals surface area contributed by atoms with E-state index in [-0.39, 0.29) is 11.9 Å². The number of benzene rings is 1. The standard InChI is InChI=1S/C13H15ClN2O/c14-10-4-1-3-9(7-10)12-13(17)16-6-2-5-11(16)8-15-12/h1,3-4,7,11-12,15H,2,5-6,8H2. The molecule has 90 valence electrons. The molecule has 2 heterocycles. The number of carbonyl (C=O) groups excluding carboxylic acids is 1. The van der Waals surface area contributed by atoms with E-state index in [1.165, 1.54) is 0 Å². The van der Waals surface area contributed by atoms with Crippen LogP contribution in [0, 0.1) is 0 Å². The zero-order valence-electron chi connectivity index (χ0n) is 9.53. The van der Waals surface area contributed by atoms with Gasteiger partial charge in [0.2, 0.25) is 5.91 Å². The van der Waals surface area contributed by atoms with Crippen molar-refractivity contribution in [3.63, 3.8) is 0 Å². The van der Waals surface area contributed by atoms with Crippen molar-refractivity contribution in [1.29, 1.82) is 0 Å². The predicted octanol–water partition coefficient (Wildman–Crippen LogP) is 1.98. The Balaban J connectivity index is 1.87. The van der Waals surface area contributed by atoms with Gasteiger partial charge in [0.15, 0.2) is 0 Å². The van der Waals surface area contributed by atoms with Crippen molar-refractivity contribution in [3.05, 3.63) is 34.9 Å². The van der Waals surface area contributed by atoms with Crippen LogP contribution in [0.3, 0.4) is 0 Å². The van der Waals surface area contributed by atoms with Crippen molar-refractivity contribution in [1.82, 2.24) is 10.2 Å². The molecule has 0 aromatic heterocycles. The first kappa shape index (κ1) is 11.1. The third kappa shape index (κ3) is 1.94. The van der Waals surface area contributed by atoms with Crippen LogP contribution in [-0.2, 0) is 4.79 Å². The quantitative estimate of drug-likeness (QED) is 0.827. The lowest BCUT2D eigenvalue weighted by molar-refractivity contribution is -0.137. The van der Waals surface area contributed by atoms with Gasteiger partial charge in [-0.3, -0.25) is 4.79 Å². The van der Waals surface area contributed by atoms with E-state index in [1.807, 2.05) is 29.2 Å². The monoisotopic (exact) mass is 250 g/mol. The Morgan fingerprint density at radius 2 is 2.29 bits per heavy atom. The number of halogens is 1. The molecule has 2 saturated heterocycles. The van der Waals surface area contributed by atoms with Crippen molar-refractivity contribution in [2.45, 2.75) is 24.9 Å². The number of hydrogen-bond donors (Lipinski definition) is 1. The van der Waals surface area contributed by atoms with Gasteiger partial charge in [0.05, 0.1) is 0 Å². The molecule has 1 amide bonds. The Morgan fingerprint density at radius 3 is 3.12 bits per heavy atom. The molecule has 0 bridgehead atoms. The van der Waals surface area contributed by atoms with E-state index in [9.17, 15) is 4.79 Å². The molecule has 0 aliphatic carbocycles. The first-order valence-corrected chi connectivity index (χ1v) is 6.43. The topological polar surface area (TPSA) is 32.3 Å². The fourth-order valence-electron chi connectivity index (χ4n) is 2.79. The number of rotatable bonds is 1. The first-order chi connectivity index (χ1) is 8.25. The van der Waals surface area contributed by atoms with Crippen molar-refractivity contribution >= 4 is 17.5 Å². The highest BCUT2D eigenvalue weighted by atomic mass is 35.5. The molecule has 4 heteroatoms. The van der Waals surface area contributed by atoms with Crippen molar-refractivity contribution in [3.8, 4) is 0 Å². The van der Waals surface area contributed by atoms with Crippen LogP contribution in [0.4, 0.5) is 0 Å². The summed E-state index contributed by atoms with van der Waals surface area (Å²) in [4.78, 5) is 14.4. The van der Waals surface area contributed by atoms with Gasteiger partial charge in [-0.25, -0.2) is 0 Å². The average molecular weight is 251 g/mol. The Hall–Kier alpha value is -1.06. The van der Waals surface area contributed by atoms with Crippen molar-refractivity contribution in [2.75, 3.05) is 13.1 Å². The number of fused-ring (bicyclic) bond motifs is 1. The summed E-state index contributed by atoms with van der Waals surface area (Å²) in [5.41, 5.74) is 0.966. The minimum Gasteiger partial charge on any atom is -0.337 e. The molecule has 3 nitrogen and oxygen atoms in total. The highest BCUT2D eigenvalue weighted by molar-refractivity contribution is 6.30. The van der Waals surface area contributed by atoms with Crippen LogP contribution in [0.1, 0.15) is 24.4 Å². The van der Waals surface area contributed by atoms with Crippen LogP contribution in [-0.4, -0.2) is 29.9 Å². The van der Waals surface area contributed by atoms with Gasteiger partial charge in [-0.1, -0.05) is 23.7 Å². The molecule has 2 unspecified atom stereocenters. The van der Waals surface area contributed by atoms with Gasteiger partial charge in [0, 0.05) is 24.2 Å². The maximum absolute atomic E-state index is 12.3. The third-order valence-corrected chi connectivity index (χ3v) is 3.88. The lowest BCUT2D eigenvalue weighted by Gasteiger charge is -2.35. The molecular formula is C13H15ClN2O. The van der Waals surface area contributed by atoms with E-state index in [0.29, 0.717) is 11.1 Å². The van der Waals surface area contributed by atoms with Gasteiger partial charge in [-0.05, 0) is 30.5 Å². The summed E-state index contributed by atoms with van der Waals surface area (Å²) < 4.78 is 0. The molecule has 2 aliphatic rings. The molecule has 0 saturated carbocycles. The van der Waals surface area contributed by atoms with Crippen LogP contribution < -0.4 is 5.32 Å². The Bertz CT molecular complexity index is 449. The normalized spacial score (nSPS) is 28.3. The second-order valence-corrected chi connectivity index (χ2v) is 5.16. The van der Waals surface area contributed by atoms with E-state index in [1.54, 1.807) is 0 Å². The van der Waals surface area contributed by atoms with Crippen LogP contribution in [0.15, 0.2) is 24.3 Å². The van der Waals surface area contributed by atoms with Crippen LogP contribution >= 0.6 is 11.6 Å². The number of nitrogens with zero attached hydrogens (tertiary/aromatic N) is 1. The molecule has 2 fully saturated rings. The molecule has 0 radical (unpaired) electrons. The van der Waals surface area contributed by atoms with Gasteiger partial charge in [-0.2, -0.15) is 0 Å². The molecule has 1 aromatic rings. The van der Waals surface area contributed by atoms with Gasteiger partial charge < -0.3 is 10.2 Å². The molecule has 1 N–H and O–H groups in total. The Labute approximate surface area is 106 Å². The fourth-order valence-corrected chi connectivity index (χ4v) is 2.99. The van der Waals surface area contributed by atoms with E-state index < -0.39 is 0 Å². The smallest absolute Gasteiger partial charge is 0.244 e. The lowest BCUT2D eigenvalue weighted by atomic mass is 10.0. The SMILES string of the molecule is O=C1C(c2cccc(Cl)c2)NCC2CCCN12. The highest BCUT2D eigenvalue weighted by Crippen LogP contribution is 2.28. The minimum absolute atomic E-state index is 0.195. The summed E-state index contributed by atoms with van der Waals surface area (Å²) >= 11 is 5.97. The Kier molecular flexibility index (Phi) is 2.81. The zero-order valence-corrected chi connectivity index (χ0v) is 10.3. The Morgan fingerprint density at radius 1 is 1.41 bits per heavy atom. The van der Waals surface area contributed by atoms with E-state index in [4.69, 9.17) is 11.6 Å². The van der Waals surface area contributed by atoms with Crippen molar-refractivity contribution in [2.24, 2.45) is 0 Å². The second-order valence-electron chi connectivity index (χ2n) is 4.72. The lowest BCUT2D eigenvalue weighted by Crippen LogP contribution is -2.53. The van der Waals surface area contributed by atoms with Crippen LogP contribution in [0.5, 0.6) is 0 Å². The van der Waals surface area contributed by atoms with Gasteiger partial charge >= 0.3 is 0 Å². The third-order valence-electron chi connectivity index (χ3n) is 3.65. The summed E-state index contributed by atoms with van der Waals surface area (Å²) in [5, 5.41) is 4.02. The zero-order chi connectivity index (χ0) is 11.8.